The van der Waals surface area contributed by atoms with Gasteiger partial charge in [0.05, 0.1) is 4.99 Å². The first kappa shape index (κ1) is 18.1. The molecule has 0 saturated heterocycles. The Kier molecular flexibility index (Phi) is 7.85. The van der Waals surface area contributed by atoms with Crippen LogP contribution in [-0.2, 0) is 11.3 Å². The summed E-state index contributed by atoms with van der Waals surface area (Å²) in [5, 5.41) is 0. The maximum atomic E-state index is 12.0. The lowest BCUT2D eigenvalue weighted by molar-refractivity contribution is -0.130. The third-order valence-corrected chi connectivity index (χ3v) is 3.87. The van der Waals surface area contributed by atoms with Crippen LogP contribution < -0.4 is 5.73 Å². The molecule has 0 spiro atoms. The number of benzene rings is 1. The molecule has 0 atom stereocenters. The zero-order chi connectivity index (χ0) is 15.8. The van der Waals surface area contributed by atoms with Crippen molar-refractivity contribution in [3.63, 3.8) is 0 Å². The Labute approximate surface area is 140 Å². The molecule has 1 aromatic rings. The maximum absolute atomic E-state index is 12.0. The quantitative estimate of drug-likeness (QED) is 0.712. The van der Waals surface area contributed by atoms with Crippen LogP contribution in [0.5, 0.6) is 0 Å². The van der Waals surface area contributed by atoms with Crippen LogP contribution in [0, 0.1) is 0 Å². The number of carbonyl (C=O) groups excluding carboxylic acids is 1. The summed E-state index contributed by atoms with van der Waals surface area (Å²) < 4.78 is 1.07. The van der Waals surface area contributed by atoms with Gasteiger partial charge in [-0.3, -0.25) is 4.79 Å². The zero-order valence-corrected chi connectivity index (χ0v) is 14.9. The van der Waals surface area contributed by atoms with Crippen molar-refractivity contribution in [1.29, 1.82) is 0 Å². The van der Waals surface area contributed by atoms with Crippen molar-refractivity contribution in [3.8, 4) is 0 Å². The summed E-state index contributed by atoms with van der Waals surface area (Å²) in [7, 11) is 3.80. The predicted octanol–water partition coefficient (Wildman–Crippen LogP) is 2.41. The highest BCUT2D eigenvalue weighted by atomic mass is 79.9. The average Bonchev–Trinajstić information content (AvgIpc) is 2.42. The van der Waals surface area contributed by atoms with Gasteiger partial charge in [-0.1, -0.05) is 40.3 Å². The summed E-state index contributed by atoms with van der Waals surface area (Å²) >= 11 is 8.28. The van der Waals surface area contributed by atoms with Crippen LogP contribution in [-0.4, -0.2) is 47.9 Å². The van der Waals surface area contributed by atoms with Gasteiger partial charge in [-0.05, 0) is 24.7 Å². The van der Waals surface area contributed by atoms with E-state index in [2.05, 4.69) is 33.0 Å². The van der Waals surface area contributed by atoms with E-state index in [-0.39, 0.29) is 5.91 Å². The number of nitrogens with two attached hydrogens (primary N) is 1. The van der Waals surface area contributed by atoms with Gasteiger partial charge in [-0.25, -0.2) is 0 Å². The van der Waals surface area contributed by atoms with E-state index < -0.39 is 0 Å². The van der Waals surface area contributed by atoms with Gasteiger partial charge in [0, 0.05) is 44.0 Å². The van der Waals surface area contributed by atoms with Crippen LogP contribution in [0.25, 0.3) is 0 Å². The Balaban J connectivity index is 2.33. The molecule has 0 aliphatic carbocycles. The van der Waals surface area contributed by atoms with E-state index in [4.69, 9.17) is 18.0 Å². The SMILES string of the molecule is CN(CCC(=O)N(C)CCC(N)=S)Cc1cccc(Br)c1. The molecule has 0 radical (unpaired) electrons. The molecule has 116 valence electrons. The molecule has 2 N–H and O–H groups in total. The van der Waals surface area contributed by atoms with Gasteiger partial charge in [-0.2, -0.15) is 0 Å². The highest BCUT2D eigenvalue weighted by Gasteiger charge is 2.10. The standard InChI is InChI=1S/C15H22BrN3OS/c1-18(11-12-4-3-5-13(16)10-12)8-7-15(20)19(2)9-6-14(17)21/h3-5,10H,6-9,11H2,1-2H3,(H2,17,21). The fraction of sp³-hybridized carbons (Fsp3) is 0.467. The van der Waals surface area contributed by atoms with Crippen molar-refractivity contribution < 1.29 is 4.79 Å². The minimum atomic E-state index is 0.118. The van der Waals surface area contributed by atoms with E-state index in [9.17, 15) is 4.79 Å². The van der Waals surface area contributed by atoms with Gasteiger partial charge in [0.15, 0.2) is 0 Å². The molecule has 0 unspecified atom stereocenters. The van der Waals surface area contributed by atoms with E-state index in [1.54, 1.807) is 11.9 Å². The normalized spacial score (nSPS) is 10.7. The third-order valence-electron chi connectivity index (χ3n) is 3.17. The van der Waals surface area contributed by atoms with Gasteiger partial charge in [0.25, 0.3) is 0 Å². The minimum Gasteiger partial charge on any atom is -0.393 e. The molecule has 0 fully saturated rings. The second kappa shape index (κ2) is 9.12. The largest absolute Gasteiger partial charge is 0.393 e. The van der Waals surface area contributed by atoms with Crippen molar-refractivity contribution in [2.75, 3.05) is 27.2 Å². The number of hydrogen-bond acceptors (Lipinski definition) is 3. The first-order valence-corrected chi connectivity index (χ1v) is 8.04. The monoisotopic (exact) mass is 371 g/mol. The molecule has 0 saturated carbocycles. The van der Waals surface area contributed by atoms with Crippen molar-refractivity contribution in [2.24, 2.45) is 5.73 Å². The molecule has 0 aliphatic heterocycles. The smallest absolute Gasteiger partial charge is 0.223 e. The molecule has 1 amide bonds. The van der Waals surface area contributed by atoms with Gasteiger partial charge in [0.1, 0.15) is 0 Å². The average molecular weight is 372 g/mol. The molecule has 0 heterocycles. The number of hydrogen-bond donors (Lipinski definition) is 1. The summed E-state index contributed by atoms with van der Waals surface area (Å²) in [4.78, 5) is 16.2. The first-order valence-electron chi connectivity index (χ1n) is 6.83. The molecule has 0 bridgehead atoms. The highest BCUT2D eigenvalue weighted by Crippen LogP contribution is 2.13. The molecule has 1 rings (SSSR count). The molecular formula is C15H22BrN3OS. The van der Waals surface area contributed by atoms with Crippen molar-refractivity contribution in [2.45, 2.75) is 19.4 Å². The van der Waals surface area contributed by atoms with Crippen LogP contribution in [0.15, 0.2) is 28.7 Å². The molecule has 0 aromatic heterocycles. The van der Waals surface area contributed by atoms with Gasteiger partial charge in [-0.15, -0.1) is 0 Å². The zero-order valence-electron chi connectivity index (χ0n) is 12.5. The summed E-state index contributed by atoms with van der Waals surface area (Å²) in [6, 6.07) is 8.19. The lowest BCUT2D eigenvalue weighted by atomic mass is 10.2. The Morgan fingerprint density at radius 3 is 2.62 bits per heavy atom. The van der Waals surface area contributed by atoms with Crippen LogP contribution in [0.2, 0.25) is 0 Å². The van der Waals surface area contributed by atoms with E-state index >= 15 is 0 Å². The Bertz CT molecular complexity index is 496. The Morgan fingerprint density at radius 1 is 1.29 bits per heavy atom. The van der Waals surface area contributed by atoms with E-state index in [1.807, 2.05) is 19.2 Å². The fourth-order valence-electron chi connectivity index (χ4n) is 1.91. The van der Waals surface area contributed by atoms with Crippen LogP contribution in [0.1, 0.15) is 18.4 Å². The molecule has 6 heteroatoms. The van der Waals surface area contributed by atoms with E-state index in [0.717, 1.165) is 17.6 Å². The lowest BCUT2D eigenvalue weighted by Crippen LogP contribution is -2.32. The number of halogens is 1. The Hall–Kier alpha value is -0.980. The van der Waals surface area contributed by atoms with Crippen LogP contribution >= 0.6 is 28.1 Å². The third kappa shape index (κ3) is 7.55. The van der Waals surface area contributed by atoms with Crippen molar-refractivity contribution in [3.05, 3.63) is 34.3 Å². The minimum absolute atomic E-state index is 0.118. The number of thiocarbonyl (C=S) groups is 1. The van der Waals surface area contributed by atoms with Crippen LogP contribution in [0.3, 0.4) is 0 Å². The molecular weight excluding hydrogens is 350 g/mol. The topological polar surface area (TPSA) is 49.6 Å². The first-order chi connectivity index (χ1) is 9.88. The maximum Gasteiger partial charge on any atom is 0.223 e. The molecule has 21 heavy (non-hydrogen) atoms. The van der Waals surface area contributed by atoms with E-state index in [0.29, 0.717) is 24.4 Å². The number of amides is 1. The molecule has 4 nitrogen and oxygen atoms in total. The predicted molar refractivity (Wildman–Crippen MR) is 94.1 cm³/mol. The molecule has 1 aromatic carbocycles. The summed E-state index contributed by atoms with van der Waals surface area (Å²) in [5.41, 5.74) is 6.67. The number of rotatable bonds is 8. The van der Waals surface area contributed by atoms with Crippen molar-refractivity contribution in [1.82, 2.24) is 9.80 Å². The lowest BCUT2D eigenvalue weighted by Gasteiger charge is -2.20. The van der Waals surface area contributed by atoms with Gasteiger partial charge >= 0.3 is 0 Å². The van der Waals surface area contributed by atoms with Crippen LogP contribution in [0.4, 0.5) is 0 Å². The van der Waals surface area contributed by atoms with Gasteiger partial charge in [0.2, 0.25) is 5.91 Å². The second-order valence-electron chi connectivity index (χ2n) is 5.15. The number of carbonyl (C=O) groups is 1. The summed E-state index contributed by atoms with van der Waals surface area (Å²) in [6.07, 6.45) is 1.07. The highest BCUT2D eigenvalue weighted by molar-refractivity contribution is 9.10. The second-order valence-corrected chi connectivity index (χ2v) is 6.59. The summed E-state index contributed by atoms with van der Waals surface area (Å²) in [5.74, 6) is 0.118. The number of nitrogens with zero attached hydrogens (tertiary/aromatic N) is 2. The summed E-state index contributed by atoms with van der Waals surface area (Å²) in [6.45, 7) is 2.13. The van der Waals surface area contributed by atoms with Gasteiger partial charge < -0.3 is 15.5 Å². The van der Waals surface area contributed by atoms with Crippen molar-refractivity contribution >= 4 is 39.0 Å². The fourth-order valence-corrected chi connectivity index (χ4v) is 2.44. The Morgan fingerprint density at radius 2 is 2.00 bits per heavy atom. The van der Waals surface area contributed by atoms with E-state index in [1.165, 1.54) is 5.56 Å². The molecule has 0 aliphatic rings.